The van der Waals surface area contributed by atoms with Crippen LogP contribution in [0.1, 0.15) is 10.4 Å². The van der Waals surface area contributed by atoms with Gasteiger partial charge in [-0.05, 0) is 36.4 Å². The molecular weight excluding hydrogens is 368 g/mol. The predicted octanol–water partition coefficient (Wildman–Crippen LogP) is 4.73. The van der Waals surface area contributed by atoms with Crippen LogP contribution < -0.4 is 14.9 Å². The highest BCUT2D eigenvalue weighted by atomic mass is 16.5. The third-order valence-electron chi connectivity index (χ3n) is 4.55. The van der Waals surface area contributed by atoms with E-state index in [1.54, 1.807) is 55.6 Å². The third-order valence-corrected chi connectivity index (χ3v) is 4.55. The number of carbonyl (C=O) groups is 1. The van der Waals surface area contributed by atoms with Crippen molar-refractivity contribution < 1.29 is 18.7 Å². The van der Waals surface area contributed by atoms with Crippen molar-refractivity contribution in [1.29, 1.82) is 0 Å². The van der Waals surface area contributed by atoms with Gasteiger partial charge in [0.1, 0.15) is 11.3 Å². The molecule has 0 aliphatic carbocycles. The molecule has 4 aromatic rings. The third kappa shape index (κ3) is 3.75. The van der Waals surface area contributed by atoms with Gasteiger partial charge in [0.25, 0.3) is 0 Å². The van der Waals surface area contributed by atoms with Gasteiger partial charge < -0.3 is 13.9 Å². The number of rotatable bonds is 6. The maximum Gasteiger partial charge on any atom is 0.235 e. The van der Waals surface area contributed by atoms with Crippen LogP contribution in [0.25, 0.3) is 22.3 Å². The first-order chi connectivity index (χ1) is 14.2. The van der Waals surface area contributed by atoms with Crippen molar-refractivity contribution in [2.75, 3.05) is 13.7 Å². The number of Topliss-reactive ketones (excluding diaryl/α,β-unsaturated/α-hetero) is 1. The lowest BCUT2D eigenvalue weighted by molar-refractivity contribution is 0.0920. The summed E-state index contributed by atoms with van der Waals surface area (Å²) in [6.07, 6.45) is 0. The van der Waals surface area contributed by atoms with Crippen molar-refractivity contribution >= 4 is 16.8 Å². The fourth-order valence-corrected chi connectivity index (χ4v) is 3.03. The number of ether oxygens (including phenoxy) is 2. The van der Waals surface area contributed by atoms with E-state index < -0.39 is 0 Å². The summed E-state index contributed by atoms with van der Waals surface area (Å²) in [6.45, 7) is -0.282. The number of hydrogen-bond acceptors (Lipinski definition) is 5. The zero-order valence-electron chi connectivity index (χ0n) is 15.8. The normalized spacial score (nSPS) is 10.7. The number of ketones is 1. The lowest BCUT2D eigenvalue weighted by Crippen LogP contribution is -2.17. The average molecular weight is 386 g/mol. The first kappa shape index (κ1) is 18.5. The van der Waals surface area contributed by atoms with Crippen LogP contribution >= 0.6 is 0 Å². The van der Waals surface area contributed by atoms with Gasteiger partial charge in [-0.15, -0.1) is 0 Å². The van der Waals surface area contributed by atoms with Crippen LogP contribution in [0.4, 0.5) is 0 Å². The van der Waals surface area contributed by atoms with E-state index in [-0.39, 0.29) is 23.6 Å². The summed E-state index contributed by atoms with van der Waals surface area (Å²) in [4.78, 5) is 25.6. The van der Waals surface area contributed by atoms with Crippen LogP contribution in [-0.4, -0.2) is 19.5 Å². The maximum atomic E-state index is 13.0. The van der Waals surface area contributed by atoms with Crippen LogP contribution in [-0.2, 0) is 0 Å². The van der Waals surface area contributed by atoms with E-state index in [1.807, 2.05) is 30.3 Å². The molecular formula is C24H18O5. The molecule has 3 aromatic carbocycles. The average Bonchev–Trinajstić information content (AvgIpc) is 2.79. The molecule has 0 radical (unpaired) electrons. The first-order valence-electron chi connectivity index (χ1n) is 9.08. The van der Waals surface area contributed by atoms with Gasteiger partial charge in [0.05, 0.1) is 12.5 Å². The Morgan fingerprint density at radius 2 is 1.59 bits per heavy atom. The summed E-state index contributed by atoms with van der Waals surface area (Å²) >= 11 is 0. The van der Waals surface area contributed by atoms with Crippen molar-refractivity contribution in [3.05, 3.63) is 94.6 Å². The lowest BCUT2D eigenvalue weighted by atomic mass is 10.1. The summed E-state index contributed by atoms with van der Waals surface area (Å²) in [5.41, 5.74) is 1.32. The first-order valence-corrected chi connectivity index (χ1v) is 9.08. The molecule has 0 aliphatic rings. The number of benzene rings is 3. The Morgan fingerprint density at radius 1 is 0.897 bits per heavy atom. The fourth-order valence-electron chi connectivity index (χ4n) is 3.03. The monoisotopic (exact) mass is 386 g/mol. The van der Waals surface area contributed by atoms with Crippen LogP contribution in [0.3, 0.4) is 0 Å². The molecule has 144 valence electrons. The predicted molar refractivity (Wildman–Crippen MR) is 111 cm³/mol. The number of para-hydroxylation sites is 1. The van der Waals surface area contributed by atoms with Crippen molar-refractivity contribution in [1.82, 2.24) is 0 Å². The fraction of sp³-hybridized carbons (Fsp3) is 0.0833. The van der Waals surface area contributed by atoms with Gasteiger partial charge in [-0.2, -0.15) is 0 Å². The van der Waals surface area contributed by atoms with E-state index in [1.165, 1.54) is 0 Å². The molecule has 1 heterocycles. The van der Waals surface area contributed by atoms with Gasteiger partial charge in [0.15, 0.2) is 18.2 Å². The molecule has 1 aromatic heterocycles. The van der Waals surface area contributed by atoms with Gasteiger partial charge in [0, 0.05) is 11.1 Å². The van der Waals surface area contributed by atoms with Gasteiger partial charge in [-0.25, -0.2) is 0 Å². The Bertz CT molecular complexity index is 1210. The van der Waals surface area contributed by atoms with Gasteiger partial charge in [-0.1, -0.05) is 42.5 Å². The molecule has 5 nitrogen and oxygen atoms in total. The Hall–Kier alpha value is -3.86. The summed E-state index contributed by atoms with van der Waals surface area (Å²) < 4.78 is 16.8. The Morgan fingerprint density at radius 3 is 2.31 bits per heavy atom. The number of hydrogen-bond donors (Lipinski definition) is 0. The molecule has 0 aliphatic heterocycles. The molecule has 0 spiro atoms. The van der Waals surface area contributed by atoms with E-state index in [0.29, 0.717) is 33.6 Å². The standard InChI is InChI=1S/C24H18O5/c1-27-18-13-11-16(12-14-18)20(25)15-28-24-22(26)19-9-5-6-10-21(19)29-23(24)17-7-3-2-4-8-17/h2-14H,15H2,1H3. The Labute approximate surface area is 167 Å². The molecule has 0 bridgehead atoms. The van der Waals surface area contributed by atoms with Crippen LogP contribution in [0.2, 0.25) is 0 Å². The lowest BCUT2D eigenvalue weighted by Gasteiger charge is -2.11. The van der Waals surface area contributed by atoms with Crippen LogP contribution in [0.15, 0.2) is 88.1 Å². The van der Waals surface area contributed by atoms with E-state index in [4.69, 9.17) is 13.9 Å². The Balaban J connectivity index is 1.71. The minimum atomic E-state index is -0.312. The summed E-state index contributed by atoms with van der Waals surface area (Å²) in [5, 5.41) is 0.402. The second-order valence-corrected chi connectivity index (χ2v) is 6.39. The van der Waals surface area contributed by atoms with Crippen molar-refractivity contribution in [2.24, 2.45) is 0 Å². The largest absolute Gasteiger partial charge is 0.497 e. The highest BCUT2D eigenvalue weighted by molar-refractivity contribution is 5.97. The van der Waals surface area contributed by atoms with Gasteiger partial charge >= 0.3 is 0 Å². The molecule has 29 heavy (non-hydrogen) atoms. The molecule has 0 N–H and O–H groups in total. The molecule has 0 saturated heterocycles. The van der Waals surface area contributed by atoms with Crippen LogP contribution in [0.5, 0.6) is 11.5 Å². The number of methoxy groups -OCH3 is 1. The summed E-state index contributed by atoms with van der Waals surface area (Å²) in [6, 6.07) is 22.9. The van der Waals surface area contributed by atoms with E-state index in [9.17, 15) is 9.59 Å². The van der Waals surface area contributed by atoms with Crippen molar-refractivity contribution in [2.45, 2.75) is 0 Å². The van der Waals surface area contributed by atoms with Crippen molar-refractivity contribution in [3.63, 3.8) is 0 Å². The Kier molecular flexibility index (Phi) is 5.12. The van der Waals surface area contributed by atoms with E-state index in [0.717, 1.165) is 0 Å². The molecule has 0 amide bonds. The molecule has 0 saturated carbocycles. The van der Waals surface area contributed by atoms with E-state index >= 15 is 0 Å². The van der Waals surface area contributed by atoms with Crippen LogP contribution in [0, 0.1) is 0 Å². The highest BCUT2D eigenvalue weighted by Crippen LogP contribution is 2.30. The highest BCUT2D eigenvalue weighted by Gasteiger charge is 2.19. The minimum Gasteiger partial charge on any atom is -0.497 e. The number of fused-ring (bicyclic) bond motifs is 1. The van der Waals surface area contributed by atoms with Crippen molar-refractivity contribution in [3.8, 4) is 22.8 Å². The smallest absolute Gasteiger partial charge is 0.235 e. The van der Waals surface area contributed by atoms with Gasteiger partial charge in [0.2, 0.25) is 11.2 Å². The SMILES string of the molecule is COc1ccc(C(=O)COc2c(-c3ccccc3)oc3ccccc3c2=O)cc1. The second-order valence-electron chi connectivity index (χ2n) is 6.39. The zero-order chi connectivity index (χ0) is 20.2. The minimum absolute atomic E-state index is 0.0248. The second kappa shape index (κ2) is 8.02. The molecule has 0 unspecified atom stereocenters. The summed E-state index contributed by atoms with van der Waals surface area (Å²) in [7, 11) is 1.56. The molecule has 0 fully saturated rings. The zero-order valence-corrected chi connectivity index (χ0v) is 15.8. The molecule has 5 heteroatoms. The number of carbonyl (C=O) groups excluding carboxylic acids is 1. The summed E-state index contributed by atoms with van der Waals surface area (Å²) in [5.74, 6) is 0.733. The molecule has 4 rings (SSSR count). The maximum absolute atomic E-state index is 13.0. The van der Waals surface area contributed by atoms with E-state index in [2.05, 4.69) is 0 Å². The quantitative estimate of drug-likeness (QED) is 0.448. The topological polar surface area (TPSA) is 65.7 Å². The molecule has 0 atom stereocenters. The van der Waals surface area contributed by atoms with Gasteiger partial charge in [-0.3, -0.25) is 9.59 Å².